The van der Waals surface area contributed by atoms with E-state index in [2.05, 4.69) is 87.5 Å². The summed E-state index contributed by atoms with van der Waals surface area (Å²) in [5.74, 6) is 1.47. The topological polar surface area (TPSA) is 70.3 Å². The lowest BCUT2D eigenvalue weighted by molar-refractivity contribution is 0.249. The standard InChI is InChI=1S/C23H28N6/c1-17-8-9-20(18(2)14-17)27-22-21(24)23(26-16-25-22)29-12-10-28(11-13-29)15-19-6-4-3-5-7-19/h3-9,14,16H,10-13,15,24H2,1-2H3,(H,25,26,27). The monoisotopic (exact) mass is 388 g/mol. The van der Waals surface area contributed by atoms with Crippen molar-refractivity contribution in [1.29, 1.82) is 0 Å². The van der Waals surface area contributed by atoms with Crippen molar-refractivity contribution in [2.24, 2.45) is 0 Å². The van der Waals surface area contributed by atoms with E-state index in [4.69, 9.17) is 5.73 Å². The summed E-state index contributed by atoms with van der Waals surface area (Å²) < 4.78 is 0. The molecule has 3 aromatic rings. The lowest BCUT2D eigenvalue weighted by atomic mass is 10.1. The molecule has 0 bridgehead atoms. The van der Waals surface area contributed by atoms with Crippen LogP contribution in [-0.4, -0.2) is 41.0 Å². The highest BCUT2D eigenvalue weighted by Crippen LogP contribution is 2.30. The van der Waals surface area contributed by atoms with Gasteiger partial charge in [-0.1, -0.05) is 48.0 Å². The van der Waals surface area contributed by atoms with Gasteiger partial charge in [-0.25, -0.2) is 9.97 Å². The number of anilines is 4. The highest BCUT2D eigenvalue weighted by atomic mass is 15.3. The van der Waals surface area contributed by atoms with Gasteiger partial charge in [-0.3, -0.25) is 4.90 Å². The normalized spacial score (nSPS) is 14.8. The van der Waals surface area contributed by atoms with Crippen LogP contribution in [0.2, 0.25) is 0 Å². The molecule has 6 nitrogen and oxygen atoms in total. The van der Waals surface area contributed by atoms with Crippen molar-refractivity contribution in [3.05, 3.63) is 71.5 Å². The summed E-state index contributed by atoms with van der Waals surface area (Å²) in [7, 11) is 0. The Labute approximate surface area is 172 Å². The summed E-state index contributed by atoms with van der Waals surface area (Å²) in [6.07, 6.45) is 1.59. The Hall–Kier alpha value is -3.12. The Balaban J connectivity index is 1.44. The number of piperazine rings is 1. The molecule has 0 unspecified atom stereocenters. The molecule has 2 aromatic carbocycles. The van der Waals surface area contributed by atoms with Crippen molar-refractivity contribution in [1.82, 2.24) is 14.9 Å². The Bertz CT molecular complexity index is 964. The number of aryl methyl sites for hydroxylation is 2. The zero-order valence-corrected chi connectivity index (χ0v) is 17.1. The third-order valence-corrected chi connectivity index (χ3v) is 5.42. The number of benzene rings is 2. The molecule has 29 heavy (non-hydrogen) atoms. The van der Waals surface area contributed by atoms with Crippen molar-refractivity contribution in [3.8, 4) is 0 Å². The molecule has 1 fully saturated rings. The average molecular weight is 389 g/mol. The maximum absolute atomic E-state index is 6.46. The van der Waals surface area contributed by atoms with Gasteiger partial charge >= 0.3 is 0 Å². The molecule has 0 amide bonds. The van der Waals surface area contributed by atoms with E-state index in [9.17, 15) is 0 Å². The zero-order valence-electron chi connectivity index (χ0n) is 17.1. The third kappa shape index (κ3) is 4.49. The number of hydrogen-bond acceptors (Lipinski definition) is 6. The fourth-order valence-corrected chi connectivity index (χ4v) is 3.78. The average Bonchev–Trinajstić information content (AvgIpc) is 2.73. The zero-order chi connectivity index (χ0) is 20.2. The van der Waals surface area contributed by atoms with Gasteiger partial charge in [-0.05, 0) is 31.0 Å². The molecular weight excluding hydrogens is 360 g/mol. The first-order chi connectivity index (χ1) is 14.1. The number of aromatic nitrogens is 2. The number of nitrogens with zero attached hydrogens (tertiary/aromatic N) is 4. The summed E-state index contributed by atoms with van der Waals surface area (Å²) >= 11 is 0. The van der Waals surface area contributed by atoms with Gasteiger partial charge in [0, 0.05) is 38.4 Å². The van der Waals surface area contributed by atoms with E-state index in [1.54, 1.807) is 6.33 Å². The van der Waals surface area contributed by atoms with Crippen LogP contribution in [0.4, 0.5) is 23.0 Å². The molecule has 4 rings (SSSR count). The van der Waals surface area contributed by atoms with Gasteiger partial charge < -0.3 is 16.0 Å². The predicted octanol–water partition coefficient (Wildman–Crippen LogP) is 3.74. The summed E-state index contributed by atoms with van der Waals surface area (Å²) in [6.45, 7) is 8.92. The van der Waals surface area contributed by atoms with Crippen LogP contribution in [0.5, 0.6) is 0 Å². The van der Waals surface area contributed by atoms with Crippen LogP contribution < -0.4 is 16.0 Å². The molecule has 0 radical (unpaired) electrons. The fraction of sp³-hybridized carbons (Fsp3) is 0.304. The lowest BCUT2D eigenvalue weighted by Crippen LogP contribution is -2.46. The smallest absolute Gasteiger partial charge is 0.159 e. The highest BCUT2D eigenvalue weighted by Gasteiger charge is 2.21. The summed E-state index contributed by atoms with van der Waals surface area (Å²) in [4.78, 5) is 13.6. The first-order valence-electron chi connectivity index (χ1n) is 10.1. The second-order valence-electron chi connectivity index (χ2n) is 7.65. The number of nitrogens with two attached hydrogens (primary N) is 1. The van der Waals surface area contributed by atoms with Crippen LogP contribution in [0, 0.1) is 13.8 Å². The van der Waals surface area contributed by atoms with Crippen molar-refractivity contribution >= 4 is 23.0 Å². The molecule has 1 saturated heterocycles. The number of nitrogens with one attached hydrogen (secondary N) is 1. The molecule has 1 aliphatic heterocycles. The molecule has 1 aliphatic rings. The summed E-state index contributed by atoms with van der Waals surface area (Å²) in [5.41, 5.74) is 11.8. The predicted molar refractivity (Wildman–Crippen MR) is 120 cm³/mol. The van der Waals surface area contributed by atoms with E-state index in [-0.39, 0.29) is 0 Å². The Morgan fingerprint density at radius 1 is 0.966 bits per heavy atom. The number of rotatable bonds is 5. The van der Waals surface area contributed by atoms with E-state index in [1.165, 1.54) is 16.7 Å². The molecular formula is C23H28N6. The van der Waals surface area contributed by atoms with Gasteiger partial charge in [0.15, 0.2) is 11.6 Å². The minimum absolute atomic E-state index is 0.601. The maximum Gasteiger partial charge on any atom is 0.159 e. The molecule has 0 aliphatic carbocycles. The van der Waals surface area contributed by atoms with Crippen molar-refractivity contribution < 1.29 is 0 Å². The van der Waals surface area contributed by atoms with Crippen LogP contribution >= 0.6 is 0 Å². The molecule has 0 atom stereocenters. The first-order valence-corrected chi connectivity index (χ1v) is 10.1. The van der Waals surface area contributed by atoms with Gasteiger partial charge in [0.05, 0.1) is 0 Å². The Kier molecular flexibility index (Phi) is 5.62. The fourth-order valence-electron chi connectivity index (χ4n) is 3.78. The minimum atomic E-state index is 0.601. The molecule has 6 heteroatoms. The molecule has 3 N–H and O–H groups in total. The van der Waals surface area contributed by atoms with Crippen molar-refractivity contribution in [3.63, 3.8) is 0 Å². The number of hydrogen-bond donors (Lipinski definition) is 2. The maximum atomic E-state index is 6.46. The van der Waals surface area contributed by atoms with Gasteiger partial charge in [0.2, 0.25) is 0 Å². The minimum Gasteiger partial charge on any atom is -0.393 e. The summed E-state index contributed by atoms with van der Waals surface area (Å²) in [5, 5.41) is 3.38. The highest BCUT2D eigenvalue weighted by molar-refractivity contribution is 5.79. The molecule has 0 spiro atoms. The number of nitrogen functional groups attached to an aromatic ring is 1. The lowest BCUT2D eigenvalue weighted by Gasteiger charge is -2.36. The Morgan fingerprint density at radius 3 is 2.45 bits per heavy atom. The second kappa shape index (κ2) is 8.49. The SMILES string of the molecule is Cc1ccc(Nc2ncnc(N3CCN(Cc4ccccc4)CC3)c2N)c(C)c1. The Morgan fingerprint density at radius 2 is 1.72 bits per heavy atom. The largest absolute Gasteiger partial charge is 0.393 e. The second-order valence-corrected chi connectivity index (χ2v) is 7.65. The van der Waals surface area contributed by atoms with E-state index in [0.717, 1.165) is 44.2 Å². The van der Waals surface area contributed by atoms with Crippen LogP contribution in [-0.2, 0) is 6.54 Å². The van der Waals surface area contributed by atoms with Crippen LogP contribution in [0.1, 0.15) is 16.7 Å². The van der Waals surface area contributed by atoms with E-state index < -0.39 is 0 Å². The van der Waals surface area contributed by atoms with E-state index >= 15 is 0 Å². The van der Waals surface area contributed by atoms with Crippen molar-refractivity contribution in [2.45, 2.75) is 20.4 Å². The van der Waals surface area contributed by atoms with Gasteiger partial charge in [-0.2, -0.15) is 0 Å². The van der Waals surface area contributed by atoms with E-state index in [0.29, 0.717) is 11.5 Å². The first kappa shape index (κ1) is 19.2. The van der Waals surface area contributed by atoms with E-state index in [1.807, 2.05) is 0 Å². The van der Waals surface area contributed by atoms with Gasteiger partial charge in [0.1, 0.15) is 12.0 Å². The van der Waals surface area contributed by atoms with Crippen molar-refractivity contribution in [2.75, 3.05) is 42.1 Å². The third-order valence-electron chi connectivity index (χ3n) is 5.42. The van der Waals surface area contributed by atoms with Crippen LogP contribution in [0.25, 0.3) is 0 Å². The molecule has 2 heterocycles. The summed E-state index contributed by atoms with van der Waals surface area (Å²) in [6, 6.07) is 16.9. The molecule has 0 saturated carbocycles. The quantitative estimate of drug-likeness (QED) is 0.694. The van der Waals surface area contributed by atoms with Crippen LogP contribution in [0.15, 0.2) is 54.9 Å². The van der Waals surface area contributed by atoms with Gasteiger partial charge in [-0.15, -0.1) is 0 Å². The van der Waals surface area contributed by atoms with Gasteiger partial charge in [0.25, 0.3) is 0 Å². The molecule has 150 valence electrons. The molecule has 1 aromatic heterocycles. The van der Waals surface area contributed by atoms with Crippen LogP contribution in [0.3, 0.4) is 0 Å².